The summed E-state index contributed by atoms with van der Waals surface area (Å²) >= 11 is 3.34. The fourth-order valence-corrected chi connectivity index (χ4v) is 1.75. The number of hydrogen-bond donors (Lipinski definition) is 1. The molecule has 2 nitrogen and oxygen atoms in total. The van der Waals surface area contributed by atoms with Crippen molar-refractivity contribution < 1.29 is 8.78 Å². The van der Waals surface area contributed by atoms with E-state index < -0.39 is 11.6 Å². The smallest absolute Gasteiger partial charge is 0.159 e. The van der Waals surface area contributed by atoms with E-state index in [1.807, 2.05) is 6.07 Å². The number of halogens is 3. The fourth-order valence-electron chi connectivity index (χ4n) is 1.35. The zero-order chi connectivity index (χ0) is 12.3. The maximum Gasteiger partial charge on any atom is 0.159 e. The van der Waals surface area contributed by atoms with Gasteiger partial charge in [-0.15, -0.1) is 0 Å². The van der Waals surface area contributed by atoms with Gasteiger partial charge in [0.05, 0.1) is 4.47 Å². The molecular formula is C12H9BrF2N2. The highest BCUT2D eigenvalue weighted by Gasteiger charge is 2.03. The van der Waals surface area contributed by atoms with Crippen molar-refractivity contribution in [1.82, 2.24) is 4.98 Å². The van der Waals surface area contributed by atoms with Gasteiger partial charge in [0.25, 0.3) is 0 Å². The first-order chi connectivity index (χ1) is 8.16. The minimum absolute atomic E-state index is 0.382. The van der Waals surface area contributed by atoms with E-state index in [1.54, 1.807) is 12.3 Å². The number of pyridine rings is 1. The van der Waals surface area contributed by atoms with Crippen molar-refractivity contribution in [3.63, 3.8) is 0 Å². The highest BCUT2D eigenvalue weighted by molar-refractivity contribution is 9.10. The molecule has 0 aliphatic rings. The van der Waals surface area contributed by atoms with E-state index in [2.05, 4.69) is 26.2 Å². The molecule has 0 amide bonds. The molecule has 0 saturated carbocycles. The highest BCUT2D eigenvalue weighted by atomic mass is 79.9. The minimum Gasteiger partial charge on any atom is -0.365 e. The van der Waals surface area contributed by atoms with Gasteiger partial charge in [0.15, 0.2) is 11.6 Å². The molecule has 0 atom stereocenters. The molecule has 0 radical (unpaired) electrons. The lowest BCUT2D eigenvalue weighted by Gasteiger charge is -2.07. The maximum atomic E-state index is 13.0. The third-order valence-electron chi connectivity index (χ3n) is 2.20. The van der Waals surface area contributed by atoms with Crippen LogP contribution in [-0.4, -0.2) is 4.98 Å². The van der Waals surface area contributed by atoms with Gasteiger partial charge in [-0.2, -0.15) is 0 Å². The number of nitrogens with zero attached hydrogens (tertiary/aromatic N) is 1. The standard InChI is InChI=1S/C12H9BrF2N2/c13-9-2-1-5-16-12(9)17-7-8-3-4-10(14)11(15)6-8/h1-6H,7H2,(H,16,17). The molecule has 0 spiro atoms. The van der Waals surface area contributed by atoms with Gasteiger partial charge < -0.3 is 5.32 Å². The monoisotopic (exact) mass is 298 g/mol. The fraction of sp³-hybridized carbons (Fsp3) is 0.0833. The van der Waals surface area contributed by atoms with Crippen molar-refractivity contribution >= 4 is 21.7 Å². The number of aromatic nitrogens is 1. The molecule has 5 heteroatoms. The Bertz CT molecular complexity index is 532. The number of anilines is 1. The van der Waals surface area contributed by atoms with Crippen molar-refractivity contribution in [1.29, 1.82) is 0 Å². The topological polar surface area (TPSA) is 24.9 Å². The third-order valence-corrected chi connectivity index (χ3v) is 2.84. The largest absolute Gasteiger partial charge is 0.365 e. The molecule has 0 unspecified atom stereocenters. The van der Waals surface area contributed by atoms with Crippen LogP contribution in [0.15, 0.2) is 41.0 Å². The second kappa shape index (κ2) is 5.23. The van der Waals surface area contributed by atoms with E-state index in [1.165, 1.54) is 12.1 Å². The highest BCUT2D eigenvalue weighted by Crippen LogP contribution is 2.19. The van der Waals surface area contributed by atoms with Gasteiger partial charge >= 0.3 is 0 Å². The van der Waals surface area contributed by atoms with Gasteiger partial charge in [0, 0.05) is 12.7 Å². The second-order valence-electron chi connectivity index (χ2n) is 3.44. The van der Waals surface area contributed by atoms with Gasteiger partial charge in [0.1, 0.15) is 5.82 Å². The Labute approximate surface area is 106 Å². The predicted molar refractivity (Wildman–Crippen MR) is 65.6 cm³/mol. The van der Waals surface area contributed by atoms with Gasteiger partial charge in [-0.05, 0) is 45.8 Å². The molecule has 0 saturated heterocycles. The van der Waals surface area contributed by atoms with E-state index in [4.69, 9.17) is 0 Å². The van der Waals surface area contributed by atoms with Crippen LogP contribution in [0, 0.1) is 11.6 Å². The molecule has 17 heavy (non-hydrogen) atoms. The van der Waals surface area contributed by atoms with Gasteiger partial charge in [-0.25, -0.2) is 13.8 Å². The summed E-state index contributed by atoms with van der Waals surface area (Å²) in [6.45, 7) is 0.382. The van der Waals surface area contributed by atoms with Gasteiger partial charge in [-0.1, -0.05) is 6.07 Å². The summed E-state index contributed by atoms with van der Waals surface area (Å²) in [4.78, 5) is 4.11. The Morgan fingerprint density at radius 1 is 1.18 bits per heavy atom. The van der Waals surface area contributed by atoms with Crippen LogP contribution in [0.4, 0.5) is 14.6 Å². The predicted octanol–water partition coefficient (Wildman–Crippen LogP) is 3.73. The number of rotatable bonds is 3. The lowest BCUT2D eigenvalue weighted by molar-refractivity contribution is 0.507. The molecule has 0 fully saturated rings. The summed E-state index contributed by atoms with van der Waals surface area (Å²) in [6.07, 6.45) is 1.65. The summed E-state index contributed by atoms with van der Waals surface area (Å²) < 4.78 is 26.5. The van der Waals surface area contributed by atoms with Crippen LogP contribution in [0.2, 0.25) is 0 Å². The second-order valence-corrected chi connectivity index (χ2v) is 4.29. The molecule has 0 bridgehead atoms. The number of nitrogens with one attached hydrogen (secondary N) is 1. The van der Waals surface area contributed by atoms with Crippen molar-refractivity contribution in [3.8, 4) is 0 Å². The summed E-state index contributed by atoms with van der Waals surface area (Å²) in [5, 5.41) is 3.03. The Morgan fingerprint density at radius 3 is 2.71 bits per heavy atom. The van der Waals surface area contributed by atoms with Crippen LogP contribution < -0.4 is 5.32 Å². The zero-order valence-electron chi connectivity index (χ0n) is 8.75. The first-order valence-electron chi connectivity index (χ1n) is 4.95. The molecule has 2 aromatic rings. The molecule has 1 heterocycles. The summed E-state index contributed by atoms with van der Waals surface area (Å²) in [7, 11) is 0. The molecule has 88 valence electrons. The Hall–Kier alpha value is -1.49. The Kier molecular flexibility index (Phi) is 3.68. The molecule has 1 N–H and O–H groups in total. The van der Waals surface area contributed by atoms with E-state index in [0.717, 1.165) is 10.5 Å². The SMILES string of the molecule is Fc1ccc(CNc2ncccc2Br)cc1F. The van der Waals surface area contributed by atoms with Gasteiger partial charge in [0.2, 0.25) is 0 Å². The normalized spacial score (nSPS) is 10.3. The molecule has 0 aliphatic carbocycles. The molecule has 1 aromatic carbocycles. The Balaban J connectivity index is 2.08. The van der Waals surface area contributed by atoms with Crippen LogP contribution in [0.5, 0.6) is 0 Å². The first-order valence-corrected chi connectivity index (χ1v) is 5.74. The van der Waals surface area contributed by atoms with E-state index in [-0.39, 0.29) is 0 Å². The van der Waals surface area contributed by atoms with Crippen LogP contribution >= 0.6 is 15.9 Å². The summed E-state index contributed by atoms with van der Waals surface area (Å²) in [6, 6.07) is 7.45. The van der Waals surface area contributed by atoms with Crippen LogP contribution in [0.3, 0.4) is 0 Å². The minimum atomic E-state index is -0.843. The first kappa shape index (κ1) is 12.0. The van der Waals surface area contributed by atoms with E-state index in [0.29, 0.717) is 17.9 Å². The van der Waals surface area contributed by atoms with Crippen molar-refractivity contribution in [2.75, 3.05) is 5.32 Å². The van der Waals surface area contributed by atoms with Crippen molar-refractivity contribution in [2.45, 2.75) is 6.54 Å². The zero-order valence-corrected chi connectivity index (χ0v) is 10.3. The van der Waals surface area contributed by atoms with Gasteiger partial charge in [-0.3, -0.25) is 0 Å². The molecular weight excluding hydrogens is 290 g/mol. The molecule has 2 rings (SSSR count). The number of benzene rings is 1. The quantitative estimate of drug-likeness (QED) is 0.934. The molecule has 1 aromatic heterocycles. The van der Waals surface area contributed by atoms with E-state index in [9.17, 15) is 8.78 Å². The Morgan fingerprint density at radius 2 is 2.00 bits per heavy atom. The average Bonchev–Trinajstić information content (AvgIpc) is 2.32. The van der Waals surface area contributed by atoms with E-state index >= 15 is 0 Å². The lowest BCUT2D eigenvalue weighted by Crippen LogP contribution is -2.02. The lowest BCUT2D eigenvalue weighted by atomic mass is 10.2. The average molecular weight is 299 g/mol. The number of hydrogen-bond acceptors (Lipinski definition) is 2. The third kappa shape index (κ3) is 3.00. The maximum absolute atomic E-state index is 13.0. The van der Waals surface area contributed by atoms with Crippen LogP contribution in [-0.2, 0) is 6.54 Å². The summed E-state index contributed by atoms with van der Waals surface area (Å²) in [5.41, 5.74) is 0.654. The van der Waals surface area contributed by atoms with Crippen LogP contribution in [0.25, 0.3) is 0 Å². The summed E-state index contributed by atoms with van der Waals surface area (Å²) in [5.74, 6) is -1.02. The van der Waals surface area contributed by atoms with Crippen LogP contribution in [0.1, 0.15) is 5.56 Å². The molecule has 0 aliphatic heterocycles. The van der Waals surface area contributed by atoms with Crippen molar-refractivity contribution in [2.24, 2.45) is 0 Å². The van der Waals surface area contributed by atoms with Crippen molar-refractivity contribution in [3.05, 3.63) is 58.2 Å².